The van der Waals surface area contributed by atoms with Gasteiger partial charge in [-0.1, -0.05) is 11.6 Å². The number of hydrogen-bond donors (Lipinski definition) is 1. The first-order valence-corrected chi connectivity index (χ1v) is 7.28. The van der Waals surface area contributed by atoms with E-state index in [1.807, 2.05) is 6.92 Å². The van der Waals surface area contributed by atoms with Gasteiger partial charge in [0.25, 0.3) is 0 Å². The van der Waals surface area contributed by atoms with Crippen LogP contribution in [0.1, 0.15) is 13.8 Å². The number of pyridine rings is 1. The van der Waals surface area contributed by atoms with Crippen molar-refractivity contribution >= 4 is 29.1 Å². The summed E-state index contributed by atoms with van der Waals surface area (Å²) in [5.41, 5.74) is 0.512. The minimum absolute atomic E-state index is 0.0777. The summed E-state index contributed by atoms with van der Waals surface area (Å²) in [4.78, 5) is 31.3. The Hall–Kier alpha value is -1.66. The molecule has 0 radical (unpaired) electrons. The van der Waals surface area contributed by atoms with Crippen LogP contribution >= 0.6 is 11.6 Å². The highest BCUT2D eigenvalue weighted by Gasteiger charge is 2.26. The van der Waals surface area contributed by atoms with Crippen molar-refractivity contribution in [3.05, 3.63) is 23.5 Å². The molecule has 0 aliphatic carbocycles. The van der Waals surface area contributed by atoms with Crippen molar-refractivity contribution in [3.8, 4) is 0 Å². The normalized spacial score (nSPS) is 17.4. The number of anilines is 1. The predicted molar refractivity (Wildman–Crippen MR) is 81.2 cm³/mol. The summed E-state index contributed by atoms with van der Waals surface area (Å²) in [6, 6.07) is 3.15. The zero-order chi connectivity index (χ0) is 15.4. The molecule has 2 heterocycles. The summed E-state index contributed by atoms with van der Waals surface area (Å²) >= 11 is 5.93. The molecule has 0 aromatic carbocycles. The molecular weight excluding hydrogens is 292 g/mol. The summed E-state index contributed by atoms with van der Waals surface area (Å²) in [6.45, 7) is 6.10. The van der Waals surface area contributed by atoms with E-state index < -0.39 is 0 Å². The van der Waals surface area contributed by atoms with Gasteiger partial charge in [0.2, 0.25) is 11.8 Å². The third kappa shape index (κ3) is 3.92. The van der Waals surface area contributed by atoms with Gasteiger partial charge >= 0.3 is 0 Å². The van der Waals surface area contributed by atoms with Gasteiger partial charge in [-0.05, 0) is 19.1 Å². The van der Waals surface area contributed by atoms with Crippen molar-refractivity contribution in [2.45, 2.75) is 19.9 Å². The van der Waals surface area contributed by atoms with Gasteiger partial charge in [0.05, 0.1) is 11.7 Å². The fourth-order valence-electron chi connectivity index (χ4n) is 2.31. The minimum Gasteiger partial charge on any atom is -0.340 e. The Labute approximate surface area is 129 Å². The van der Waals surface area contributed by atoms with E-state index in [-0.39, 0.29) is 23.0 Å². The molecule has 2 amide bonds. The van der Waals surface area contributed by atoms with Crippen molar-refractivity contribution in [3.63, 3.8) is 0 Å². The van der Waals surface area contributed by atoms with Crippen LogP contribution in [0.2, 0.25) is 5.15 Å². The van der Waals surface area contributed by atoms with E-state index in [9.17, 15) is 9.59 Å². The lowest BCUT2D eigenvalue weighted by molar-refractivity contribution is -0.131. The number of piperazine rings is 1. The van der Waals surface area contributed by atoms with E-state index in [4.69, 9.17) is 11.6 Å². The van der Waals surface area contributed by atoms with Crippen molar-refractivity contribution in [1.29, 1.82) is 0 Å². The first-order valence-electron chi connectivity index (χ1n) is 6.90. The predicted octanol–water partition coefficient (Wildman–Crippen LogP) is 1.23. The number of amides is 2. The highest BCUT2D eigenvalue weighted by molar-refractivity contribution is 6.32. The Kier molecular flexibility index (Phi) is 5.14. The second-order valence-electron chi connectivity index (χ2n) is 5.05. The van der Waals surface area contributed by atoms with Crippen LogP contribution in [-0.2, 0) is 9.59 Å². The van der Waals surface area contributed by atoms with Gasteiger partial charge < -0.3 is 10.2 Å². The van der Waals surface area contributed by atoms with Gasteiger partial charge in [-0.25, -0.2) is 4.98 Å². The lowest BCUT2D eigenvalue weighted by Gasteiger charge is -2.37. The van der Waals surface area contributed by atoms with Crippen LogP contribution in [0.15, 0.2) is 18.3 Å². The molecule has 1 N–H and O–H groups in total. The molecule has 1 fully saturated rings. The maximum absolute atomic E-state index is 12.3. The number of nitrogens with zero attached hydrogens (tertiary/aromatic N) is 3. The third-order valence-electron chi connectivity index (χ3n) is 3.70. The molecule has 1 aromatic rings. The Bertz CT molecular complexity index is 529. The van der Waals surface area contributed by atoms with Gasteiger partial charge in [-0.2, -0.15) is 0 Å². The quantitative estimate of drug-likeness (QED) is 0.853. The zero-order valence-electron chi connectivity index (χ0n) is 12.2. The molecule has 0 spiro atoms. The second kappa shape index (κ2) is 6.87. The number of hydrogen-bond acceptors (Lipinski definition) is 4. The fraction of sp³-hybridized carbons (Fsp3) is 0.500. The lowest BCUT2D eigenvalue weighted by atomic mass is 10.2. The van der Waals surface area contributed by atoms with E-state index in [2.05, 4.69) is 15.2 Å². The molecule has 1 aliphatic heterocycles. The van der Waals surface area contributed by atoms with Crippen LogP contribution in [0.25, 0.3) is 0 Å². The van der Waals surface area contributed by atoms with E-state index >= 15 is 0 Å². The molecule has 0 saturated carbocycles. The van der Waals surface area contributed by atoms with Crippen LogP contribution in [0, 0.1) is 0 Å². The standard InChI is InChI=1S/C14H19ClN4O2/c1-10(18-6-8-19(9-7-18)11(2)20)14(21)17-12-4-3-5-16-13(12)15/h3-5,10H,6-9H2,1-2H3,(H,17,21). The monoisotopic (exact) mass is 310 g/mol. The smallest absolute Gasteiger partial charge is 0.241 e. The Morgan fingerprint density at radius 2 is 2.00 bits per heavy atom. The number of halogens is 1. The van der Waals surface area contributed by atoms with Crippen LogP contribution in [0.4, 0.5) is 5.69 Å². The zero-order valence-corrected chi connectivity index (χ0v) is 12.9. The Balaban J connectivity index is 1.92. The second-order valence-corrected chi connectivity index (χ2v) is 5.41. The van der Waals surface area contributed by atoms with Crippen molar-refractivity contribution in [2.75, 3.05) is 31.5 Å². The van der Waals surface area contributed by atoms with E-state index in [1.54, 1.807) is 30.2 Å². The van der Waals surface area contributed by atoms with Crippen molar-refractivity contribution < 1.29 is 9.59 Å². The molecule has 1 unspecified atom stereocenters. The molecule has 1 aromatic heterocycles. The summed E-state index contributed by atoms with van der Waals surface area (Å²) < 4.78 is 0. The lowest BCUT2D eigenvalue weighted by Crippen LogP contribution is -2.53. The number of carbonyl (C=O) groups is 2. The van der Waals surface area contributed by atoms with Gasteiger partial charge in [0, 0.05) is 39.3 Å². The highest BCUT2D eigenvalue weighted by Crippen LogP contribution is 2.18. The van der Waals surface area contributed by atoms with Gasteiger partial charge in [0.15, 0.2) is 5.15 Å². The summed E-state index contributed by atoms with van der Waals surface area (Å²) in [7, 11) is 0. The van der Waals surface area contributed by atoms with Crippen LogP contribution in [0.5, 0.6) is 0 Å². The molecule has 2 rings (SSSR count). The minimum atomic E-state index is -0.282. The topological polar surface area (TPSA) is 65.5 Å². The number of aromatic nitrogens is 1. The molecule has 114 valence electrons. The summed E-state index contributed by atoms with van der Waals surface area (Å²) in [5.74, 6) is -0.0462. The molecule has 7 heteroatoms. The number of nitrogens with one attached hydrogen (secondary N) is 1. The Morgan fingerprint density at radius 3 is 2.57 bits per heavy atom. The largest absolute Gasteiger partial charge is 0.340 e. The van der Waals surface area contributed by atoms with Crippen LogP contribution in [-0.4, -0.2) is 58.8 Å². The molecule has 1 saturated heterocycles. The molecule has 1 atom stereocenters. The molecule has 21 heavy (non-hydrogen) atoms. The first-order chi connectivity index (χ1) is 9.99. The van der Waals surface area contributed by atoms with Crippen molar-refractivity contribution in [2.24, 2.45) is 0 Å². The van der Waals surface area contributed by atoms with Crippen molar-refractivity contribution in [1.82, 2.24) is 14.8 Å². The van der Waals surface area contributed by atoms with E-state index in [0.29, 0.717) is 31.9 Å². The molecular formula is C14H19ClN4O2. The maximum Gasteiger partial charge on any atom is 0.241 e. The van der Waals surface area contributed by atoms with E-state index in [1.165, 1.54) is 0 Å². The SMILES string of the molecule is CC(=O)N1CCN(C(C)C(=O)Nc2cccnc2Cl)CC1. The number of carbonyl (C=O) groups excluding carboxylic acids is 2. The molecule has 1 aliphatic rings. The average Bonchev–Trinajstić information content (AvgIpc) is 2.49. The Morgan fingerprint density at radius 1 is 1.33 bits per heavy atom. The summed E-state index contributed by atoms with van der Waals surface area (Å²) in [5, 5.41) is 3.06. The van der Waals surface area contributed by atoms with Crippen LogP contribution in [0.3, 0.4) is 0 Å². The average molecular weight is 311 g/mol. The van der Waals surface area contributed by atoms with Gasteiger partial charge in [-0.15, -0.1) is 0 Å². The summed E-state index contributed by atoms with van der Waals surface area (Å²) in [6.07, 6.45) is 1.57. The number of rotatable bonds is 3. The first kappa shape index (κ1) is 15.7. The molecule has 6 nitrogen and oxygen atoms in total. The fourth-order valence-corrected chi connectivity index (χ4v) is 2.47. The van der Waals surface area contributed by atoms with Crippen LogP contribution < -0.4 is 5.32 Å². The van der Waals surface area contributed by atoms with E-state index in [0.717, 1.165) is 0 Å². The maximum atomic E-state index is 12.3. The molecule has 0 bridgehead atoms. The third-order valence-corrected chi connectivity index (χ3v) is 4.00. The highest BCUT2D eigenvalue weighted by atomic mass is 35.5. The van der Waals surface area contributed by atoms with Gasteiger partial charge in [0.1, 0.15) is 0 Å². The van der Waals surface area contributed by atoms with Gasteiger partial charge in [-0.3, -0.25) is 14.5 Å².